The molecule has 0 aromatic heterocycles. The molecule has 0 aliphatic carbocycles. The minimum absolute atomic E-state index is 0.0820. The van der Waals surface area contributed by atoms with E-state index < -0.39 is 11.3 Å². The molecule has 3 atom stereocenters. The molecule has 0 radical (unpaired) electrons. The van der Waals surface area contributed by atoms with E-state index in [1.54, 1.807) is 4.90 Å². The number of amides is 1. The lowest BCUT2D eigenvalue weighted by molar-refractivity contribution is -0.0766. The summed E-state index contributed by atoms with van der Waals surface area (Å²) in [6.45, 7) is 14.6. The highest BCUT2D eigenvalue weighted by Crippen LogP contribution is 2.37. The molecule has 1 aromatic carbocycles. The number of likely N-dealkylation sites (N-methyl/N-ethyl adjacent to an activating group) is 1. The number of carbonyl (C=O) groups is 1. The van der Waals surface area contributed by atoms with Gasteiger partial charge in [-0.25, -0.2) is 4.79 Å². The third kappa shape index (κ3) is 5.86. The van der Waals surface area contributed by atoms with E-state index in [0.29, 0.717) is 0 Å². The number of nitrogens with zero attached hydrogens (tertiary/aromatic N) is 2. The van der Waals surface area contributed by atoms with Crippen LogP contribution in [0.15, 0.2) is 24.3 Å². The highest BCUT2D eigenvalue weighted by atomic mass is 16.6. The van der Waals surface area contributed by atoms with Gasteiger partial charge in [-0.05, 0) is 79.1 Å². The van der Waals surface area contributed by atoms with Gasteiger partial charge < -0.3 is 20.1 Å². The number of benzene rings is 1. The van der Waals surface area contributed by atoms with Gasteiger partial charge in [-0.1, -0.05) is 19.1 Å². The Kier molecular flexibility index (Phi) is 7.23. The zero-order valence-electron chi connectivity index (χ0n) is 19.4. The topological polar surface area (TPSA) is 68.0 Å². The van der Waals surface area contributed by atoms with Crippen molar-refractivity contribution in [2.45, 2.75) is 90.8 Å². The summed E-state index contributed by atoms with van der Waals surface area (Å²) in [6.07, 6.45) is 1.43. The maximum Gasteiger partial charge on any atom is 0.412 e. The maximum atomic E-state index is 13.1. The zero-order chi connectivity index (χ0) is 22.0. The molecule has 29 heavy (non-hydrogen) atoms. The highest BCUT2D eigenvalue weighted by Gasteiger charge is 2.52. The van der Waals surface area contributed by atoms with Crippen molar-refractivity contribution in [3.63, 3.8) is 0 Å². The molecule has 6 heteroatoms. The van der Waals surface area contributed by atoms with E-state index in [2.05, 4.69) is 31.0 Å². The van der Waals surface area contributed by atoms with Crippen LogP contribution in [-0.4, -0.2) is 59.0 Å². The van der Waals surface area contributed by atoms with E-state index in [0.717, 1.165) is 25.1 Å². The average Bonchev–Trinajstić information content (AvgIpc) is 2.82. The lowest BCUT2D eigenvalue weighted by Gasteiger charge is -2.40. The third-order valence-corrected chi connectivity index (χ3v) is 5.54. The fraction of sp³-hybridized carbons (Fsp3) is 0.696. The number of nitrogen functional groups attached to an aromatic ring is 1. The minimum Gasteiger partial charge on any atom is -0.444 e. The minimum atomic E-state index is -0.711. The van der Waals surface area contributed by atoms with Crippen molar-refractivity contribution in [3.8, 4) is 0 Å². The molecule has 164 valence electrons. The second kappa shape index (κ2) is 8.92. The molecule has 1 saturated heterocycles. The zero-order valence-corrected chi connectivity index (χ0v) is 19.4. The van der Waals surface area contributed by atoms with Gasteiger partial charge in [-0.3, -0.25) is 4.90 Å². The first kappa shape index (κ1) is 23.5. The van der Waals surface area contributed by atoms with E-state index in [-0.39, 0.29) is 24.3 Å². The van der Waals surface area contributed by atoms with E-state index in [1.165, 1.54) is 5.56 Å². The van der Waals surface area contributed by atoms with Crippen molar-refractivity contribution in [1.29, 1.82) is 0 Å². The summed E-state index contributed by atoms with van der Waals surface area (Å²) in [4.78, 5) is 17.2. The first-order valence-corrected chi connectivity index (χ1v) is 10.6. The second-order valence-electron chi connectivity index (χ2n) is 9.56. The standard InChI is InChI=1S/C23H39N3O3/c1-9-19(25(8)15-14-17-10-12-18(24)13-11-17)20-16(2)28-23(6,7)26(20)21(27)29-22(3,4)5/h10-13,16,19-20H,9,14-15,24H2,1-8H3/t16-,19?,20-/m1/s1. The van der Waals surface area contributed by atoms with Crippen LogP contribution in [-0.2, 0) is 15.9 Å². The van der Waals surface area contributed by atoms with Crippen molar-refractivity contribution in [2.24, 2.45) is 0 Å². The molecule has 1 aliphatic heterocycles. The number of ether oxygens (including phenoxy) is 2. The fourth-order valence-electron chi connectivity index (χ4n) is 4.26. The lowest BCUT2D eigenvalue weighted by Crippen LogP contribution is -2.57. The molecule has 1 aromatic rings. The smallest absolute Gasteiger partial charge is 0.412 e. The molecular formula is C23H39N3O3. The van der Waals surface area contributed by atoms with Crippen LogP contribution >= 0.6 is 0 Å². The van der Waals surface area contributed by atoms with E-state index in [1.807, 2.05) is 53.7 Å². The number of anilines is 1. The van der Waals surface area contributed by atoms with Gasteiger partial charge >= 0.3 is 6.09 Å². The van der Waals surface area contributed by atoms with Crippen molar-refractivity contribution >= 4 is 11.8 Å². The van der Waals surface area contributed by atoms with Crippen LogP contribution < -0.4 is 5.73 Å². The number of rotatable bonds is 6. The van der Waals surface area contributed by atoms with Gasteiger partial charge in [-0.2, -0.15) is 0 Å². The van der Waals surface area contributed by atoms with Crippen molar-refractivity contribution in [3.05, 3.63) is 29.8 Å². The van der Waals surface area contributed by atoms with Gasteiger partial charge in [0.15, 0.2) is 0 Å². The van der Waals surface area contributed by atoms with Gasteiger partial charge in [0, 0.05) is 18.3 Å². The Morgan fingerprint density at radius 3 is 2.41 bits per heavy atom. The van der Waals surface area contributed by atoms with E-state index in [9.17, 15) is 4.79 Å². The summed E-state index contributed by atoms with van der Waals surface area (Å²) in [5, 5.41) is 0. The highest BCUT2D eigenvalue weighted by molar-refractivity contribution is 5.70. The summed E-state index contributed by atoms with van der Waals surface area (Å²) < 4.78 is 11.9. The molecule has 1 aliphatic rings. The predicted octanol–water partition coefficient (Wildman–Crippen LogP) is 4.28. The van der Waals surface area contributed by atoms with Crippen LogP contribution in [0.1, 0.15) is 60.5 Å². The molecule has 0 saturated carbocycles. The molecule has 1 heterocycles. The van der Waals surface area contributed by atoms with Crippen LogP contribution in [0.5, 0.6) is 0 Å². The monoisotopic (exact) mass is 405 g/mol. The Hall–Kier alpha value is -1.79. The molecule has 1 amide bonds. The molecule has 6 nitrogen and oxygen atoms in total. The number of carbonyl (C=O) groups excluding carboxylic acids is 1. The average molecular weight is 406 g/mol. The van der Waals surface area contributed by atoms with Gasteiger partial charge in [0.1, 0.15) is 11.3 Å². The Morgan fingerprint density at radius 2 is 1.90 bits per heavy atom. The SMILES string of the molecule is CCC([C@H]1[C@@H](C)OC(C)(C)N1C(=O)OC(C)(C)C)N(C)CCc1ccc(N)cc1. The Bertz CT molecular complexity index is 682. The van der Waals surface area contributed by atoms with Gasteiger partial charge in [0.25, 0.3) is 0 Å². The first-order valence-electron chi connectivity index (χ1n) is 10.6. The van der Waals surface area contributed by atoms with Gasteiger partial charge in [0.05, 0.1) is 12.1 Å². The van der Waals surface area contributed by atoms with E-state index >= 15 is 0 Å². The summed E-state index contributed by atoms with van der Waals surface area (Å²) in [7, 11) is 2.12. The van der Waals surface area contributed by atoms with Crippen molar-refractivity contribution < 1.29 is 14.3 Å². The van der Waals surface area contributed by atoms with Gasteiger partial charge in [-0.15, -0.1) is 0 Å². The Morgan fingerprint density at radius 1 is 1.31 bits per heavy atom. The molecule has 1 unspecified atom stereocenters. The molecule has 2 rings (SSSR count). The molecule has 1 fully saturated rings. The number of hydrogen-bond donors (Lipinski definition) is 1. The second-order valence-corrected chi connectivity index (χ2v) is 9.56. The normalized spacial score (nSPS) is 22.7. The first-order chi connectivity index (χ1) is 13.4. The van der Waals surface area contributed by atoms with Crippen LogP contribution in [0, 0.1) is 0 Å². The Balaban J connectivity index is 2.18. The van der Waals surface area contributed by atoms with Crippen molar-refractivity contribution in [1.82, 2.24) is 9.80 Å². The van der Waals surface area contributed by atoms with Crippen LogP contribution in [0.2, 0.25) is 0 Å². The largest absolute Gasteiger partial charge is 0.444 e. The van der Waals surface area contributed by atoms with Gasteiger partial charge in [0.2, 0.25) is 0 Å². The van der Waals surface area contributed by atoms with Crippen LogP contribution in [0.25, 0.3) is 0 Å². The summed E-state index contributed by atoms with van der Waals surface area (Å²) in [6, 6.07) is 8.09. The number of nitrogens with two attached hydrogens (primary N) is 1. The Labute approximate surface area is 176 Å². The maximum absolute atomic E-state index is 13.1. The van der Waals surface area contributed by atoms with E-state index in [4.69, 9.17) is 15.2 Å². The third-order valence-electron chi connectivity index (χ3n) is 5.54. The molecule has 0 spiro atoms. The molecule has 2 N–H and O–H groups in total. The fourth-order valence-corrected chi connectivity index (χ4v) is 4.26. The number of hydrogen-bond acceptors (Lipinski definition) is 5. The predicted molar refractivity (Wildman–Crippen MR) is 118 cm³/mol. The lowest BCUT2D eigenvalue weighted by atomic mass is 9.97. The molecular weight excluding hydrogens is 366 g/mol. The molecule has 0 bridgehead atoms. The summed E-state index contributed by atoms with van der Waals surface area (Å²) in [5.41, 5.74) is 6.56. The summed E-state index contributed by atoms with van der Waals surface area (Å²) >= 11 is 0. The summed E-state index contributed by atoms with van der Waals surface area (Å²) in [5.74, 6) is 0. The quantitative estimate of drug-likeness (QED) is 0.716. The van der Waals surface area contributed by atoms with Crippen LogP contribution in [0.4, 0.5) is 10.5 Å². The van der Waals surface area contributed by atoms with Crippen LogP contribution in [0.3, 0.4) is 0 Å². The van der Waals surface area contributed by atoms with Crippen molar-refractivity contribution in [2.75, 3.05) is 19.3 Å².